The smallest absolute Gasteiger partial charge is 0.159 e. The summed E-state index contributed by atoms with van der Waals surface area (Å²) in [6.45, 7) is 0. The van der Waals surface area contributed by atoms with Crippen LogP contribution in [0.2, 0.25) is 0 Å². The lowest BCUT2D eigenvalue weighted by Crippen LogP contribution is -2.14. The molecule has 1 nitrogen and oxygen atoms in total. The van der Waals surface area contributed by atoms with Crippen LogP contribution >= 0.6 is 0 Å². The minimum atomic E-state index is -0.852. The van der Waals surface area contributed by atoms with E-state index in [4.69, 9.17) is 0 Å². The summed E-state index contributed by atoms with van der Waals surface area (Å²) in [6, 6.07) is 3.80. The van der Waals surface area contributed by atoms with E-state index in [2.05, 4.69) is 6.08 Å². The molecule has 0 saturated carbocycles. The molecule has 1 aliphatic rings. The number of allylic oxidation sites excluding steroid dienone is 1. The van der Waals surface area contributed by atoms with E-state index in [0.717, 1.165) is 37.0 Å². The van der Waals surface area contributed by atoms with Crippen molar-refractivity contribution < 1.29 is 13.9 Å². The number of halogens is 2. The quantitative estimate of drug-likeness (QED) is 0.812. The van der Waals surface area contributed by atoms with E-state index >= 15 is 0 Å². The molecule has 0 spiro atoms. The largest absolute Gasteiger partial charge is 0.388 e. The second kappa shape index (κ2) is 6.10. The van der Waals surface area contributed by atoms with Crippen LogP contribution in [0, 0.1) is 11.6 Å². The molecule has 0 fully saturated rings. The van der Waals surface area contributed by atoms with Gasteiger partial charge in [-0.2, -0.15) is 0 Å². The summed E-state index contributed by atoms with van der Waals surface area (Å²) in [5, 5.41) is 10.1. The molecule has 0 saturated heterocycles. The Kier molecular flexibility index (Phi) is 4.48. The van der Waals surface area contributed by atoms with E-state index in [1.807, 2.05) is 0 Å². The summed E-state index contributed by atoms with van der Waals surface area (Å²) in [5.41, 5.74) is 1.67. The van der Waals surface area contributed by atoms with Crippen LogP contribution in [-0.4, -0.2) is 11.2 Å². The highest BCUT2D eigenvalue weighted by Gasteiger charge is 2.14. The fraction of sp³-hybridized carbons (Fsp3) is 0.467. The van der Waals surface area contributed by atoms with Crippen molar-refractivity contribution in [1.29, 1.82) is 0 Å². The molecule has 1 N–H and O–H groups in total. The van der Waals surface area contributed by atoms with Gasteiger partial charge in [0.2, 0.25) is 0 Å². The zero-order valence-corrected chi connectivity index (χ0v) is 10.3. The van der Waals surface area contributed by atoms with Gasteiger partial charge in [0.25, 0.3) is 0 Å². The Morgan fingerprint density at radius 1 is 1.11 bits per heavy atom. The van der Waals surface area contributed by atoms with E-state index in [1.165, 1.54) is 18.9 Å². The van der Waals surface area contributed by atoms with Gasteiger partial charge in [-0.05, 0) is 49.0 Å². The Morgan fingerprint density at radius 2 is 1.94 bits per heavy atom. The number of hydrogen-bond acceptors (Lipinski definition) is 1. The molecular formula is C15H18F2O. The molecule has 98 valence electrons. The Morgan fingerprint density at radius 3 is 2.72 bits per heavy atom. The molecule has 3 heteroatoms. The average molecular weight is 252 g/mol. The monoisotopic (exact) mass is 252 g/mol. The van der Waals surface area contributed by atoms with Crippen LogP contribution in [0.25, 0.3) is 0 Å². The fourth-order valence-electron chi connectivity index (χ4n) is 2.36. The maximum atomic E-state index is 13.1. The summed E-state index contributed by atoms with van der Waals surface area (Å²) < 4.78 is 25.9. The van der Waals surface area contributed by atoms with Crippen LogP contribution in [0.15, 0.2) is 29.8 Å². The topological polar surface area (TPSA) is 20.2 Å². The van der Waals surface area contributed by atoms with Crippen LogP contribution in [0.4, 0.5) is 8.78 Å². The molecule has 1 atom stereocenters. The maximum absolute atomic E-state index is 13.1. The normalized spacial score (nSPS) is 18.1. The van der Waals surface area contributed by atoms with Gasteiger partial charge in [0.1, 0.15) is 0 Å². The number of aliphatic hydroxyl groups excluding tert-OH is 1. The molecule has 1 aliphatic carbocycles. The summed E-state index contributed by atoms with van der Waals surface area (Å²) >= 11 is 0. The van der Waals surface area contributed by atoms with Crippen molar-refractivity contribution in [2.75, 3.05) is 0 Å². The van der Waals surface area contributed by atoms with Gasteiger partial charge >= 0.3 is 0 Å². The Hall–Kier alpha value is -1.22. The van der Waals surface area contributed by atoms with Gasteiger partial charge in [0, 0.05) is 6.42 Å². The second-order valence-electron chi connectivity index (χ2n) is 4.85. The minimum absolute atomic E-state index is 0.350. The van der Waals surface area contributed by atoms with Gasteiger partial charge < -0.3 is 5.11 Å². The number of aliphatic hydroxyl groups is 1. The molecule has 0 radical (unpaired) electrons. The van der Waals surface area contributed by atoms with Crippen LogP contribution in [-0.2, 0) is 6.42 Å². The third kappa shape index (κ3) is 3.39. The Balaban J connectivity index is 2.03. The van der Waals surface area contributed by atoms with Crippen molar-refractivity contribution in [1.82, 2.24) is 0 Å². The van der Waals surface area contributed by atoms with E-state index in [0.29, 0.717) is 12.0 Å². The van der Waals surface area contributed by atoms with Crippen molar-refractivity contribution >= 4 is 0 Å². The molecule has 0 amide bonds. The number of hydrogen-bond donors (Lipinski definition) is 1. The molecule has 0 bridgehead atoms. The lowest BCUT2D eigenvalue weighted by atomic mass is 9.98. The highest BCUT2D eigenvalue weighted by molar-refractivity contribution is 5.21. The number of rotatable bonds is 3. The first-order chi connectivity index (χ1) is 8.66. The van der Waals surface area contributed by atoms with Crippen LogP contribution in [0.1, 0.15) is 37.7 Å². The SMILES string of the molecule is OC(Cc1ccc(F)c(F)c1)C1=CCCCCC1. The van der Waals surface area contributed by atoms with Gasteiger partial charge in [-0.3, -0.25) is 0 Å². The van der Waals surface area contributed by atoms with Crippen molar-refractivity contribution in [2.24, 2.45) is 0 Å². The predicted octanol–water partition coefficient (Wildman–Crippen LogP) is 3.76. The summed E-state index contributed by atoms with van der Waals surface area (Å²) in [4.78, 5) is 0. The third-order valence-corrected chi connectivity index (χ3v) is 3.42. The second-order valence-corrected chi connectivity index (χ2v) is 4.85. The molecule has 1 unspecified atom stereocenters. The number of benzene rings is 1. The van der Waals surface area contributed by atoms with Crippen molar-refractivity contribution in [3.8, 4) is 0 Å². The van der Waals surface area contributed by atoms with Gasteiger partial charge in [-0.1, -0.05) is 18.6 Å². The fourth-order valence-corrected chi connectivity index (χ4v) is 2.36. The third-order valence-electron chi connectivity index (χ3n) is 3.42. The standard InChI is InChI=1S/C15H18F2O/c16-13-8-7-11(9-14(13)17)10-15(18)12-5-3-1-2-4-6-12/h5,7-9,15,18H,1-4,6,10H2. The average Bonchev–Trinajstić information content (AvgIpc) is 2.62. The maximum Gasteiger partial charge on any atom is 0.159 e. The van der Waals surface area contributed by atoms with Gasteiger partial charge in [0.15, 0.2) is 11.6 Å². The zero-order chi connectivity index (χ0) is 13.0. The van der Waals surface area contributed by atoms with E-state index in [1.54, 1.807) is 0 Å². The van der Waals surface area contributed by atoms with Gasteiger partial charge in [0.05, 0.1) is 6.10 Å². The minimum Gasteiger partial charge on any atom is -0.388 e. The molecule has 0 aromatic heterocycles. The van der Waals surface area contributed by atoms with Crippen LogP contribution in [0.3, 0.4) is 0 Å². The molecule has 2 rings (SSSR count). The predicted molar refractivity (Wildman–Crippen MR) is 67.2 cm³/mol. The van der Waals surface area contributed by atoms with Crippen LogP contribution < -0.4 is 0 Å². The highest BCUT2D eigenvalue weighted by atomic mass is 19.2. The van der Waals surface area contributed by atoms with E-state index in [-0.39, 0.29) is 0 Å². The Bertz CT molecular complexity index is 440. The summed E-state index contributed by atoms with van der Waals surface area (Å²) in [6.07, 6.45) is 7.24. The summed E-state index contributed by atoms with van der Waals surface area (Å²) in [5.74, 6) is -1.70. The zero-order valence-electron chi connectivity index (χ0n) is 10.3. The lowest BCUT2D eigenvalue weighted by Gasteiger charge is -2.14. The first kappa shape index (κ1) is 13.2. The van der Waals surface area contributed by atoms with Crippen molar-refractivity contribution in [3.05, 3.63) is 47.0 Å². The lowest BCUT2D eigenvalue weighted by molar-refractivity contribution is 0.206. The summed E-state index contributed by atoms with van der Waals surface area (Å²) in [7, 11) is 0. The molecule has 1 aromatic rings. The molecule has 0 aliphatic heterocycles. The first-order valence-corrected chi connectivity index (χ1v) is 6.48. The van der Waals surface area contributed by atoms with Gasteiger partial charge in [-0.25, -0.2) is 8.78 Å². The first-order valence-electron chi connectivity index (χ1n) is 6.48. The Labute approximate surface area is 106 Å². The van der Waals surface area contributed by atoms with Crippen molar-refractivity contribution in [2.45, 2.75) is 44.6 Å². The van der Waals surface area contributed by atoms with E-state index in [9.17, 15) is 13.9 Å². The molecule has 18 heavy (non-hydrogen) atoms. The highest BCUT2D eigenvalue weighted by Crippen LogP contribution is 2.22. The van der Waals surface area contributed by atoms with Crippen LogP contribution in [0.5, 0.6) is 0 Å². The molecular weight excluding hydrogens is 234 g/mol. The van der Waals surface area contributed by atoms with Crippen molar-refractivity contribution in [3.63, 3.8) is 0 Å². The molecule has 1 aromatic carbocycles. The van der Waals surface area contributed by atoms with E-state index < -0.39 is 17.7 Å². The van der Waals surface area contributed by atoms with Gasteiger partial charge in [-0.15, -0.1) is 0 Å². The molecule has 0 heterocycles.